The lowest BCUT2D eigenvalue weighted by molar-refractivity contribution is 0.151. The molecule has 0 radical (unpaired) electrons. The SMILES string of the molecule is Cc1cccn2c(CN3CCNCC3c3ccncc3)cnc12.Cl. The van der Waals surface area contributed by atoms with Crippen LogP contribution in [-0.2, 0) is 6.54 Å². The molecular formula is C18H22ClN5. The minimum Gasteiger partial charge on any atom is -0.314 e. The highest BCUT2D eigenvalue weighted by Crippen LogP contribution is 2.24. The first kappa shape index (κ1) is 16.9. The fourth-order valence-electron chi connectivity index (χ4n) is 3.38. The number of piperazine rings is 1. The average Bonchev–Trinajstić information content (AvgIpc) is 3.01. The van der Waals surface area contributed by atoms with Gasteiger partial charge in [-0.3, -0.25) is 9.88 Å². The second kappa shape index (κ2) is 7.30. The smallest absolute Gasteiger partial charge is 0.139 e. The van der Waals surface area contributed by atoms with Crippen LogP contribution in [0.5, 0.6) is 0 Å². The molecule has 1 atom stereocenters. The average molecular weight is 344 g/mol. The zero-order chi connectivity index (χ0) is 15.6. The summed E-state index contributed by atoms with van der Waals surface area (Å²) in [5, 5.41) is 3.50. The molecular weight excluding hydrogens is 322 g/mol. The molecule has 0 aromatic carbocycles. The fraction of sp³-hybridized carbons (Fsp3) is 0.333. The molecule has 1 N–H and O–H groups in total. The predicted molar refractivity (Wildman–Crippen MR) is 97.4 cm³/mol. The predicted octanol–water partition coefficient (Wildman–Crippen LogP) is 2.61. The third-order valence-corrected chi connectivity index (χ3v) is 4.62. The first-order valence-corrected chi connectivity index (χ1v) is 8.09. The number of aromatic nitrogens is 3. The number of halogens is 1. The highest BCUT2D eigenvalue weighted by molar-refractivity contribution is 5.85. The van der Waals surface area contributed by atoms with Gasteiger partial charge in [-0.1, -0.05) is 6.07 Å². The van der Waals surface area contributed by atoms with Gasteiger partial charge in [-0.15, -0.1) is 12.4 Å². The van der Waals surface area contributed by atoms with Crippen molar-refractivity contribution < 1.29 is 0 Å². The highest BCUT2D eigenvalue weighted by Gasteiger charge is 2.24. The summed E-state index contributed by atoms with van der Waals surface area (Å²) in [6.07, 6.45) is 7.86. The van der Waals surface area contributed by atoms with E-state index in [1.807, 2.05) is 18.6 Å². The number of fused-ring (bicyclic) bond motifs is 1. The van der Waals surface area contributed by atoms with Crippen molar-refractivity contribution in [1.82, 2.24) is 24.6 Å². The number of aryl methyl sites for hydroxylation is 1. The lowest BCUT2D eigenvalue weighted by atomic mass is 10.0. The van der Waals surface area contributed by atoms with Crippen LogP contribution in [-0.4, -0.2) is 38.9 Å². The van der Waals surface area contributed by atoms with E-state index in [9.17, 15) is 0 Å². The topological polar surface area (TPSA) is 45.5 Å². The van der Waals surface area contributed by atoms with Gasteiger partial charge in [-0.25, -0.2) is 4.98 Å². The summed E-state index contributed by atoms with van der Waals surface area (Å²) in [4.78, 5) is 11.3. The van der Waals surface area contributed by atoms with Crippen molar-refractivity contribution in [2.45, 2.75) is 19.5 Å². The molecule has 0 spiro atoms. The summed E-state index contributed by atoms with van der Waals surface area (Å²) in [7, 11) is 0. The number of nitrogens with one attached hydrogen (secondary N) is 1. The third kappa shape index (κ3) is 3.15. The molecule has 126 valence electrons. The quantitative estimate of drug-likeness (QED) is 0.794. The zero-order valence-electron chi connectivity index (χ0n) is 13.7. The number of rotatable bonds is 3. The first-order valence-electron chi connectivity index (χ1n) is 8.09. The number of nitrogens with zero attached hydrogens (tertiary/aromatic N) is 4. The van der Waals surface area contributed by atoms with Gasteiger partial charge in [0.2, 0.25) is 0 Å². The molecule has 0 aliphatic carbocycles. The normalized spacial score (nSPS) is 18.5. The van der Waals surface area contributed by atoms with E-state index in [1.165, 1.54) is 16.8 Å². The maximum absolute atomic E-state index is 4.59. The van der Waals surface area contributed by atoms with Crippen LogP contribution in [0.15, 0.2) is 49.1 Å². The van der Waals surface area contributed by atoms with Crippen molar-refractivity contribution in [1.29, 1.82) is 0 Å². The Labute approximate surface area is 148 Å². The van der Waals surface area contributed by atoms with E-state index in [2.05, 4.69) is 62.0 Å². The Morgan fingerprint density at radius 1 is 1.25 bits per heavy atom. The minimum absolute atomic E-state index is 0. The zero-order valence-corrected chi connectivity index (χ0v) is 14.5. The van der Waals surface area contributed by atoms with E-state index in [1.54, 1.807) is 0 Å². The van der Waals surface area contributed by atoms with Crippen LogP contribution >= 0.6 is 12.4 Å². The van der Waals surface area contributed by atoms with E-state index in [0.717, 1.165) is 31.8 Å². The van der Waals surface area contributed by atoms with Crippen molar-refractivity contribution in [3.05, 3.63) is 65.9 Å². The Morgan fingerprint density at radius 3 is 2.92 bits per heavy atom. The lowest BCUT2D eigenvalue weighted by Gasteiger charge is -2.36. The maximum atomic E-state index is 4.59. The molecule has 0 bridgehead atoms. The summed E-state index contributed by atoms with van der Waals surface area (Å²) in [6, 6.07) is 8.80. The second-order valence-corrected chi connectivity index (χ2v) is 6.11. The number of hydrogen-bond donors (Lipinski definition) is 1. The molecule has 1 unspecified atom stereocenters. The molecule has 3 aromatic rings. The van der Waals surface area contributed by atoms with Crippen LogP contribution in [0.25, 0.3) is 5.65 Å². The third-order valence-electron chi connectivity index (χ3n) is 4.62. The summed E-state index contributed by atoms with van der Waals surface area (Å²) < 4.78 is 2.21. The largest absolute Gasteiger partial charge is 0.314 e. The van der Waals surface area contributed by atoms with E-state index in [0.29, 0.717) is 6.04 Å². The van der Waals surface area contributed by atoms with Crippen LogP contribution in [0, 0.1) is 6.92 Å². The van der Waals surface area contributed by atoms with Crippen molar-refractivity contribution in [2.24, 2.45) is 0 Å². The van der Waals surface area contributed by atoms with Crippen molar-refractivity contribution >= 4 is 18.1 Å². The van der Waals surface area contributed by atoms with Crippen LogP contribution in [0.4, 0.5) is 0 Å². The summed E-state index contributed by atoms with van der Waals surface area (Å²) in [5.41, 5.74) is 4.82. The Morgan fingerprint density at radius 2 is 2.08 bits per heavy atom. The molecule has 3 aromatic heterocycles. The number of hydrogen-bond acceptors (Lipinski definition) is 4. The molecule has 0 saturated carbocycles. The van der Waals surface area contributed by atoms with Gasteiger partial charge in [-0.05, 0) is 36.2 Å². The van der Waals surface area contributed by atoms with Gasteiger partial charge in [0, 0.05) is 50.8 Å². The molecule has 6 heteroatoms. The summed E-state index contributed by atoms with van der Waals surface area (Å²) in [6.45, 7) is 6.04. The highest BCUT2D eigenvalue weighted by atomic mass is 35.5. The van der Waals surface area contributed by atoms with Gasteiger partial charge < -0.3 is 9.72 Å². The van der Waals surface area contributed by atoms with E-state index in [-0.39, 0.29) is 12.4 Å². The lowest BCUT2D eigenvalue weighted by Crippen LogP contribution is -2.45. The summed E-state index contributed by atoms with van der Waals surface area (Å²) >= 11 is 0. The van der Waals surface area contributed by atoms with Gasteiger partial charge in [0.05, 0.1) is 11.9 Å². The second-order valence-electron chi connectivity index (χ2n) is 6.11. The van der Waals surface area contributed by atoms with Gasteiger partial charge in [0.1, 0.15) is 5.65 Å². The number of imidazole rings is 1. The molecule has 0 amide bonds. The summed E-state index contributed by atoms with van der Waals surface area (Å²) in [5.74, 6) is 0. The van der Waals surface area contributed by atoms with Gasteiger partial charge in [-0.2, -0.15) is 0 Å². The van der Waals surface area contributed by atoms with Crippen LogP contribution in [0.1, 0.15) is 22.9 Å². The van der Waals surface area contributed by atoms with Crippen molar-refractivity contribution in [3.63, 3.8) is 0 Å². The van der Waals surface area contributed by atoms with Gasteiger partial charge in [0.15, 0.2) is 0 Å². The van der Waals surface area contributed by atoms with E-state index < -0.39 is 0 Å². The maximum Gasteiger partial charge on any atom is 0.139 e. The monoisotopic (exact) mass is 343 g/mol. The molecule has 1 fully saturated rings. The van der Waals surface area contributed by atoms with Crippen molar-refractivity contribution in [3.8, 4) is 0 Å². The first-order chi connectivity index (χ1) is 11.3. The molecule has 1 saturated heterocycles. The number of pyridine rings is 2. The molecule has 4 rings (SSSR count). The molecule has 5 nitrogen and oxygen atoms in total. The van der Waals surface area contributed by atoms with Crippen LogP contribution in [0.3, 0.4) is 0 Å². The Kier molecular flexibility index (Phi) is 5.14. The van der Waals surface area contributed by atoms with Crippen LogP contribution < -0.4 is 5.32 Å². The minimum atomic E-state index is 0. The van der Waals surface area contributed by atoms with E-state index >= 15 is 0 Å². The Bertz CT molecular complexity index is 802. The van der Waals surface area contributed by atoms with E-state index in [4.69, 9.17) is 0 Å². The van der Waals surface area contributed by atoms with Crippen LogP contribution in [0.2, 0.25) is 0 Å². The molecule has 4 heterocycles. The van der Waals surface area contributed by atoms with Gasteiger partial charge >= 0.3 is 0 Å². The molecule has 1 aliphatic rings. The van der Waals surface area contributed by atoms with Crippen molar-refractivity contribution in [2.75, 3.05) is 19.6 Å². The Hall–Kier alpha value is -1.95. The molecule has 24 heavy (non-hydrogen) atoms. The molecule has 1 aliphatic heterocycles. The van der Waals surface area contributed by atoms with Gasteiger partial charge in [0.25, 0.3) is 0 Å². The fourth-order valence-corrected chi connectivity index (χ4v) is 3.38. The standard InChI is InChI=1S/C18H21N5.ClH/c1-14-3-2-9-23-16(11-21-18(14)23)13-22-10-8-20-12-17(22)15-4-6-19-7-5-15;/h2-7,9,11,17,20H,8,10,12-13H2,1H3;1H. The Balaban J connectivity index is 0.00000169.